The van der Waals surface area contributed by atoms with E-state index in [1.54, 1.807) is 6.08 Å². The van der Waals surface area contributed by atoms with Gasteiger partial charge in [-0.05, 0) is 34.5 Å². The van der Waals surface area contributed by atoms with Crippen molar-refractivity contribution in [1.82, 2.24) is 14.8 Å². The summed E-state index contributed by atoms with van der Waals surface area (Å²) in [5.74, 6) is -0.337. The quantitative estimate of drug-likeness (QED) is 0.290. The van der Waals surface area contributed by atoms with Gasteiger partial charge in [0, 0.05) is 35.8 Å². The molecule has 2 heterocycles. The van der Waals surface area contributed by atoms with Gasteiger partial charge in [0.25, 0.3) is 5.91 Å². The van der Waals surface area contributed by atoms with Crippen LogP contribution in [0.5, 0.6) is 0 Å². The van der Waals surface area contributed by atoms with Gasteiger partial charge in [-0.2, -0.15) is 0 Å². The minimum atomic E-state index is -0.420. The number of carbonyl (C=O) groups excluding carboxylic acids is 2. The van der Waals surface area contributed by atoms with Gasteiger partial charge in [0.15, 0.2) is 0 Å². The largest absolute Gasteiger partial charge is 0.342 e. The third-order valence-corrected chi connectivity index (χ3v) is 5.56. The summed E-state index contributed by atoms with van der Waals surface area (Å²) in [4.78, 5) is 25.8. The van der Waals surface area contributed by atoms with Crippen molar-refractivity contribution >= 4 is 39.7 Å². The SMILES string of the molecule is C=CCN1C(=O)N/C(=C/c2cn(Cc3ccc4ccccc4c3)c3ccccc23)C1=O. The van der Waals surface area contributed by atoms with Crippen molar-refractivity contribution in [1.29, 1.82) is 0 Å². The monoisotopic (exact) mass is 407 g/mol. The number of nitrogens with one attached hydrogen (secondary N) is 1. The molecule has 1 saturated heterocycles. The van der Waals surface area contributed by atoms with Gasteiger partial charge in [0.05, 0.1) is 0 Å². The molecule has 3 aromatic carbocycles. The van der Waals surface area contributed by atoms with Crippen LogP contribution in [0.2, 0.25) is 0 Å². The smallest absolute Gasteiger partial charge is 0.329 e. The van der Waals surface area contributed by atoms with Gasteiger partial charge < -0.3 is 9.88 Å². The van der Waals surface area contributed by atoms with Gasteiger partial charge in [-0.15, -0.1) is 6.58 Å². The molecule has 3 amide bonds. The van der Waals surface area contributed by atoms with E-state index in [4.69, 9.17) is 0 Å². The first-order valence-electron chi connectivity index (χ1n) is 10.1. The molecule has 4 aromatic rings. The van der Waals surface area contributed by atoms with Crippen LogP contribution in [0.25, 0.3) is 27.8 Å². The van der Waals surface area contributed by atoms with Crippen molar-refractivity contribution in [2.45, 2.75) is 6.54 Å². The maximum Gasteiger partial charge on any atom is 0.329 e. The molecule has 1 N–H and O–H groups in total. The number of benzene rings is 3. The van der Waals surface area contributed by atoms with Crippen LogP contribution in [0, 0.1) is 0 Å². The van der Waals surface area contributed by atoms with Gasteiger partial charge >= 0.3 is 6.03 Å². The summed E-state index contributed by atoms with van der Waals surface area (Å²) < 4.78 is 2.18. The Morgan fingerprint density at radius 2 is 1.71 bits per heavy atom. The van der Waals surface area contributed by atoms with Crippen molar-refractivity contribution in [2.24, 2.45) is 0 Å². The van der Waals surface area contributed by atoms with Crippen LogP contribution in [0.4, 0.5) is 4.79 Å². The number of hydrogen-bond acceptors (Lipinski definition) is 2. The first kappa shape index (κ1) is 18.9. The fraction of sp³-hybridized carbons (Fsp3) is 0.0769. The molecule has 31 heavy (non-hydrogen) atoms. The Hall–Kier alpha value is -4.12. The molecule has 1 aromatic heterocycles. The second-order valence-electron chi connectivity index (χ2n) is 7.60. The van der Waals surface area contributed by atoms with Crippen LogP contribution in [0.1, 0.15) is 11.1 Å². The first-order chi connectivity index (χ1) is 15.1. The van der Waals surface area contributed by atoms with E-state index in [9.17, 15) is 9.59 Å². The van der Waals surface area contributed by atoms with Crippen LogP contribution >= 0.6 is 0 Å². The van der Waals surface area contributed by atoms with Crippen LogP contribution in [0.3, 0.4) is 0 Å². The average molecular weight is 407 g/mol. The number of imide groups is 1. The zero-order valence-corrected chi connectivity index (χ0v) is 16.9. The van der Waals surface area contributed by atoms with Crippen molar-refractivity contribution in [3.63, 3.8) is 0 Å². The number of amides is 3. The van der Waals surface area contributed by atoms with Crippen molar-refractivity contribution in [3.05, 3.63) is 102 Å². The Morgan fingerprint density at radius 3 is 2.55 bits per heavy atom. The lowest BCUT2D eigenvalue weighted by Gasteiger charge is -2.07. The summed E-state index contributed by atoms with van der Waals surface area (Å²) in [6.07, 6.45) is 5.32. The molecule has 0 spiro atoms. The average Bonchev–Trinajstić information content (AvgIpc) is 3.26. The number of rotatable bonds is 5. The lowest BCUT2D eigenvalue weighted by atomic mass is 10.1. The predicted octanol–water partition coefficient (Wildman–Crippen LogP) is 4.92. The van der Waals surface area contributed by atoms with Gasteiger partial charge in [0.2, 0.25) is 0 Å². The van der Waals surface area contributed by atoms with E-state index in [1.165, 1.54) is 22.4 Å². The maximum absolute atomic E-state index is 12.6. The van der Waals surface area contributed by atoms with E-state index in [-0.39, 0.29) is 18.1 Å². The normalized spacial score (nSPS) is 15.2. The van der Waals surface area contributed by atoms with Crippen molar-refractivity contribution in [2.75, 3.05) is 6.54 Å². The van der Waals surface area contributed by atoms with Crippen molar-refractivity contribution < 1.29 is 9.59 Å². The highest BCUT2D eigenvalue weighted by Crippen LogP contribution is 2.26. The molecule has 0 unspecified atom stereocenters. The number of urea groups is 1. The number of para-hydroxylation sites is 1. The third kappa shape index (κ3) is 3.40. The molecule has 1 fully saturated rings. The van der Waals surface area contributed by atoms with E-state index in [1.807, 2.05) is 36.5 Å². The van der Waals surface area contributed by atoms with Crippen LogP contribution in [-0.2, 0) is 11.3 Å². The van der Waals surface area contributed by atoms with Gasteiger partial charge in [0.1, 0.15) is 5.70 Å². The van der Waals surface area contributed by atoms with E-state index in [0.29, 0.717) is 6.54 Å². The summed E-state index contributed by atoms with van der Waals surface area (Å²) >= 11 is 0. The second kappa shape index (κ2) is 7.61. The molecule has 1 aliphatic heterocycles. The molecule has 1 aliphatic rings. The minimum absolute atomic E-state index is 0.186. The summed E-state index contributed by atoms with van der Waals surface area (Å²) in [6, 6.07) is 22.5. The van der Waals surface area contributed by atoms with Crippen LogP contribution < -0.4 is 5.32 Å². The number of aromatic nitrogens is 1. The zero-order chi connectivity index (χ0) is 21.4. The highest BCUT2D eigenvalue weighted by Gasteiger charge is 2.32. The van der Waals surface area contributed by atoms with E-state index < -0.39 is 6.03 Å². The Bertz CT molecular complexity index is 1380. The van der Waals surface area contributed by atoms with Crippen LogP contribution in [-0.4, -0.2) is 28.0 Å². The topological polar surface area (TPSA) is 54.3 Å². The Labute approximate surface area is 179 Å². The molecule has 0 atom stereocenters. The molecule has 5 rings (SSSR count). The van der Waals surface area contributed by atoms with Crippen LogP contribution in [0.15, 0.2) is 91.3 Å². The molecule has 5 heteroatoms. The fourth-order valence-corrected chi connectivity index (χ4v) is 4.08. The Morgan fingerprint density at radius 1 is 0.935 bits per heavy atom. The molecular weight excluding hydrogens is 386 g/mol. The van der Waals surface area contributed by atoms with E-state index in [2.05, 4.69) is 52.9 Å². The summed E-state index contributed by atoms with van der Waals surface area (Å²) in [5.41, 5.74) is 3.43. The molecule has 0 radical (unpaired) electrons. The summed E-state index contributed by atoms with van der Waals surface area (Å²) in [5, 5.41) is 6.13. The summed E-state index contributed by atoms with van der Waals surface area (Å²) in [6.45, 7) is 4.50. The lowest BCUT2D eigenvalue weighted by Crippen LogP contribution is -2.30. The first-order valence-corrected chi connectivity index (χ1v) is 10.1. The highest BCUT2D eigenvalue weighted by atomic mass is 16.2. The number of carbonyl (C=O) groups is 2. The molecular formula is C26H21N3O2. The molecule has 0 aliphatic carbocycles. The van der Waals surface area contributed by atoms with E-state index >= 15 is 0 Å². The maximum atomic E-state index is 12.6. The third-order valence-electron chi connectivity index (χ3n) is 5.56. The molecule has 0 saturated carbocycles. The standard InChI is InChI=1S/C26H21N3O2/c1-2-13-29-25(30)23(27-26(29)31)15-21-17-28(24-10-6-5-9-22(21)24)16-18-11-12-19-7-3-4-8-20(19)14-18/h2-12,14-15,17H,1,13,16H2,(H,27,31)/b23-15+. The predicted molar refractivity (Wildman–Crippen MR) is 123 cm³/mol. The van der Waals surface area contributed by atoms with Gasteiger partial charge in [-0.3, -0.25) is 9.69 Å². The minimum Gasteiger partial charge on any atom is -0.342 e. The second-order valence-corrected chi connectivity index (χ2v) is 7.60. The molecule has 152 valence electrons. The van der Waals surface area contributed by atoms with Crippen molar-refractivity contribution in [3.8, 4) is 0 Å². The molecule has 5 nitrogen and oxygen atoms in total. The Kier molecular flexibility index (Phi) is 4.64. The number of fused-ring (bicyclic) bond motifs is 2. The van der Waals surface area contributed by atoms with Gasteiger partial charge in [-0.1, -0.05) is 60.7 Å². The number of nitrogens with zero attached hydrogens (tertiary/aromatic N) is 2. The Balaban J connectivity index is 1.53. The highest BCUT2D eigenvalue weighted by molar-refractivity contribution is 6.14. The van der Waals surface area contributed by atoms with E-state index in [0.717, 1.165) is 21.4 Å². The van der Waals surface area contributed by atoms with Gasteiger partial charge in [-0.25, -0.2) is 4.79 Å². The molecule has 0 bridgehead atoms. The fourth-order valence-electron chi connectivity index (χ4n) is 4.08. The summed E-state index contributed by atoms with van der Waals surface area (Å²) in [7, 11) is 0. The zero-order valence-electron chi connectivity index (χ0n) is 16.9. The lowest BCUT2D eigenvalue weighted by molar-refractivity contribution is -0.122. The number of hydrogen-bond donors (Lipinski definition) is 1.